The predicted octanol–water partition coefficient (Wildman–Crippen LogP) is 2.88. The highest BCUT2D eigenvalue weighted by Gasteiger charge is 2.14. The summed E-state index contributed by atoms with van der Waals surface area (Å²) >= 11 is 6.20. The van der Waals surface area contributed by atoms with Gasteiger partial charge in [-0.3, -0.25) is 5.10 Å². The molecule has 0 fully saturated rings. The SMILES string of the molecule is NCc1ccc(-c2cn[nH]c2-c2c[nH]c(C(=O)O)c2)cc1Cl. The monoisotopic (exact) mass is 316 g/mol. The van der Waals surface area contributed by atoms with Crippen molar-refractivity contribution in [3.8, 4) is 22.4 Å². The first kappa shape index (κ1) is 14.4. The minimum atomic E-state index is -1.01. The van der Waals surface area contributed by atoms with Crippen molar-refractivity contribution in [3.63, 3.8) is 0 Å². The first-order chi connectivity index (χ1) is 10.6. The summed E-state index contributed by atoms with van der Waals surface area (Å²) in [6.07, 6.45) is 3.30. The van der Waals surface area contributed by atoms with Gasteiger partial charge in [0.1, 0.15) is 5.69 Å². The lowest BCUT2D eigenvalue weighted by atomic mass is 10.0. The molecule has 3 aromatic rings. The molecule has 0 atom stereocenters. The number of carboxylic acids is 1. The van der Waals surface area contributed by atoms with Gasteiger partial charge in [0.25, 0.3) is 0 Å². The van der Waals surface area contributed by atoms with Crippen LogP contribution in [0.5, 0.6) is 0 Å². The van der Waals surface area contributed by atoms with E-state index < -0.39 is 5.97 Å². The van der Waals surface area contributed by atoms with Crippen LogP contribution in [0.2, 0.25) is 5.02 Å². The Labute approximate surface area is 130 Å². The minimum Gasteiger partial charge on any atom is -0.477 e. The van der Waals surface area contributed by atoms with Crippen molar-refractivity contribution in [1.29, 1.82) is 0 Å². The lowest BCUT2D eigenvalue weighted by Crippen LogP contribution is -1.97. The third kappa shape index (κ3) is 2.49. The summed E-state index contributed by atoms with van der Waals surface area (Å²) < 4.78 is 0. The summed E-state index contributed by atoms with van der Waals surface area (Å²) in [5, 5.41) is 16.5. The maximum Gasteiger partial charge on any atom is 0.352 e. The number of carboxylic acid groups (broad SMARTS) is 1. The normalized spacial score (nSPS) is 10.8. The maximum atomic E-state index is 11.0. The molecule has 5 N–H and O–H groups in total. The molecule has 0 unspecified atom stereocenters. The van der Waals surface area contributed by atoms with Crippen LogP contribution in [0.4, 0.5) is 0 Å². The van der Waals surface area contributed by atoms with Gasteiger partial charge in [0, 0.05) is 28.9 Å². The molecule has 6 nitrogen and oxygen atoms in total. The van der Waals surface area contributed by atoms with Crippen molar-refractivity contribution in [2.45, 2.75) is 6.54 Å². The van der Waals surface area contributed by atoms with Crippen LogP contribution in [-0.4, -0.2) is 26.3 Å². The standard InChI is InChI=1S/C15H13ClN4O2/c16-12-3-8(1-2-9(12)5-17)11-7-19-20-14(11)10-4-13(15(21)22)18-6-10/h1-4,6-7,18H,5,17H2,(H,19,20)(H,21,22). The average Bonchev–Trinajstić information content (AvgIpc) is 3.15. The highest BCUT2D eigenvalue weighted by Crippen LogP contribution is 2.32. The van der Waals surface area contributed by atoms with Crippen LogP contribution in [0, 0.1) is 0 Å². The second kappa shape index (κ2) is 5.67. The zero-order valence-electron chi connectivity index (χ0n) is 11.4. The number of aromatic amines is 2. The zero-order chi connectivity index (χ0) is 15.7. The molecule has 2 heterocycles. The van der Waals surface area contributed by atoms with Gasteiger partial charge in [0.15, 0.2) is 0 Å². The smallest absolute Gasteiger partial charge is 0.352 e. The predicted molar refractivity (Wildman–Crippen MR) is 83.7 cm³/mol. The number of carbonyl (C=O) groups is 1. The van der Waals surface area contributed by atoms with Gasteiger partial charge >= 0.3 is 5.97 Å². The molecule has 0 radical (unpaired) electrons. The molecule has 0 bridgehead atoms. The Morgan fingerprint density at radius 3 is 2.77 bits per heavy atom. The van der Waals surface area contributed by atoms with E-state index in [4.69, 9.17) is 22.4 Å². The number of hydrogen-bond acceptors (Lipinski definition) is 3. The molecule has 0 saturated carbocycles. The van der Waals surface area contributed by atoms with Gasteiger partial charge in [0.2, 0.25) is 0 Å². The summed E-state index contributed by atoms with van der Waals surface area (Å²) in [4.78, 5) is 13.7. The van der Waals surface area contributed by atoms with E-state index >= 15 is 0 Å². The summed E-state index contributed by atoms with van der Waals surface area (Å²) in [7, 11) is 0. The van der Waals surface area contributed by atoms with Crippen LogP contribution in [0.25, 0.3) is 22.4 Å². The molecule has 0 aliphatic carbocycles. The fourth-order valence-corrected chi connectivity index (χ4v) is 2.53. The van der Waals surface area contributed by atoms with Gasteiger partial charge in [-0.1, -0.05) is 23.7 Å². The number of benzene rings is 1. The Morgan fingerprint density at radius 1 is 1.32 bits per heavy atom. The first-order valence-corrected chi connectivity index (χ1v) is 6.92. The fourth-order valence-electron chi connectivity index (χ4n) is 2.27. The first-order valence-electron chi connectivity index (χ1n) is 6.54. The lowest BCUT2D eigenvalue weighted by molar-refractivity contribution is 0.0691. The molecule has 0 amide bonds. The summed E-state index contributed by atoms with van der Waals surface area (Å²) in [6.45, 7) is 0.372. The fraction of sp³-hybridized carbons (Fsp3) is 0.0667. The van der Waals surface area contributed by atoms with Crippen LogP contribution < -0.4 is 5.73 Å². The summed E-state index contributed by atoms with van der Waals surface area (Å²) in [5.74, 6) is -1.01. The van der Waals surface area contributed by atoms with Gasteiger partial charge in [-0.15, -0.1) is 0 Å². The van der Waals surface area contributed by atoms with Gasteiger partial charge in [-0.05, 0) is 23.3 Å². The van der Waals surface area contributed by atoms with Crippen molar-refractivity contribution in [2.24, 2.45) is 5.73 Å². The van der Waals surface area contributed by atoms with E-state index in [9.17, 15) is 4.79 Å². The second-order valence-electron chi connectivity index (χ2n) is 4.78. The van der Waals surface area contributed by atoms with Gasteiger partial charge in [-0.2, -0.15) is 5.10 Å². The Balaban J connectivity index is 2.04. The number of halogens is 1. The third-order valence-corrected chi connectivity index (χ3v) is 3.78. The van der Waals surface area contributed by atoms with E-state index in [0.717, 1.165) is 22.4 Å². The van der Waals surface area contributed by atoms with Gasteiger partial charge in [-0.25, -0.2) is 4.79 Å². The largest absolute Gasteiger partial charge is 0.477 e. The molecule has 22 heavy (non-hydrogen) atoms. The van der Waals surface area contributed by atoms with Crippen LogP contribution in [0.3, 0.4) is 0 Å². The Bertz CT molecular complexity index is 838. The number of rotatable bonds is 4. The Morgan fingerprint density at radius 2 is 2.14 bits per heavy atom. The highest BCUT2D eigenvalue weighted by atomic mass is 35.5. The van der Waals surface area contributed by atoms with E-state index in [-0.39, 0.29) is 5.69 Å². The number of aromatic nitrogens is 3. The highest BCUT2D eigenvalue weighted by molar-refractivity contribution is 6.31. The van der Waals surface area contributed by atoms with E-state index in [1.54, 1.807) is 18.5 Å². The number of hydrogen-bond donors (Lipinski definition) is 4. The molecule has 0 aliphatic heterocycles. The van der Waals surface area contributed by atoms with Crippen LogP contribution >= 0.6 is 11.6 Å². The minimum absolute atomic E-state index is 0.118. The van der Waals surface area contributed by atoms with Gasteiger partial charge in [0.05, 0.1) is 11.9 Å². The van der Waals surface area contributed by atoms with Gasteiger partial charge < -0.3 is 15.8 Å². The van der Waals surface area contributed by atoms with Crippen LogP contribution in [0.15, 0.2) is 36.7 Å². The molecule has 0 aliphatic rings. The number of nitrogens with zero attached hydrogens (tertiary/aromatic N) is 1. The number of H-pyrrole nitrogens is 2. The number of nitrogens with one attached hydrogen (secondary N) is 2. The lowest BCUT2D eigenvalue weighted by Gasteiger charge is -2.05. The van der Waals surface area contributed by atoms with Crippen LogP contribution in [-0.2, 0) is 6.54 Å². The molecule has 2 aromatic heterocycles. The third-order valence-electron chi connectivity index (χ3n) is 3.43. The Kier molecular flexibility index (Phi) is 3.70. The quantitative estimate of drug-likeness (QED) is 0.593. The molecular weight excluding hydrogens is 304 g/mol. The maximum absolute atomic E-state index is 11.0. The molecular formula is C15H13ClN4O2. The molecule has 1 aromatic carbocycles. The van der Waals surface area contributed by atoms with Crippen LogP contribution in [0.1, 0.15) is 16.1 Å². The van der Waals surface area contributed by atoms with Crippen molar-refractivity contribution in [1.82, 2.24) is 15.2 Å². The molecule has 0 spiro atoms. The second-order valence-corrected chi connectivity index (χ2v) is 5.18. The van der Waals surface area contributed by atoms with E-state index in [2.05, 4.69) is 15.2 Å². The van der Waals surface area contributed by atoms with Crippen molar-refractivity contribution in [2.75, 3.05) is 0 Å². The number of aromatic carboxylic acids is 1. The van der Waals surface area contributed by atoms with E-state index in [1.165, 1.54) is 0 Å². The molecule has 112 valence electrons. The average molecular weight is 317 g/mol. The molecule has 7 heteroatoms. The summed E-state index contributed by atoms with van der Waals surface area (Å²) in [5.41, 5.74) is 9.74. The molecule has 3 rings (SSSR count). The zero-order valence-corrected chi connectivity index (χ0v) is 12.2. The van der Waals surface area contributed by atoms with E-state index in [1.807, 2.05) is 18.2 Å². The van der Waals surface area contributed by atoms with Crippen molar-refractivity contribution < 1.29 is 9.90 Å². The van der Waals surface area contributed by atoms with Crippen molar-refractivity contribution >= 4 is 17.6 Å². The number of nitrogens with two attached hydrogens (primary N) is 1. The topological polar surface area (TPSA) is 108 Å². The summed E-state index contributed by atoms with van der Waals surface area (Å²) in [6, 6.07) is 7.15. The van der Waals surface area contributed by atoms with Crippen molar-refractivity contribution in [3.05, 3.63) is 52.9 Å². The van der Waals surface area contributed by atoms with E-state index in [0.29, 0.717) is 17.1 Å². The molecule has 0 saturated heterocycles. The Hall–Kier alpha value is -2.57.